The summed E-state index contributed by atoms with van der Waals surface area (Å²) in [4.78, 5) is 6.72. The van der Waals surface area contributed by atoms with Crippen molar-refractivity contribution >= 4 is 27.9 Å². The molecule has 0 spiro atoms. The van der Waals surface area contributed by atoms with Crippen LogP contribution >= 0.6 is 22.9 Å². The number of benzene rings is 1. The second-order valence-corrected chi connectivity index (χ2v) is 5.78. The molecule has 0 aliphatic carbocycles. The lowest BCUT2D eigenvalue weighted by Gasteiger charge is -1.96. The van der Waals surface area contributed by atoms with E-state index in [4.69, 9.17) is 17.3 Å². The van der Waals surface area contributed by atoms with E-state index >= 15 is 0 Å². The second-order valence-electron chi connectivity index (χ2n) is 4.29. The third-order valence-electron chi connectivity index (χ3n) is 2.99. The zero-order valence-electron chi connectivity index (χ0n) is 10.4. The summed E-state index contributed by atoms with van der Waals surface area (Å²) in [5.41, 5.74) is 7.69. The van der Waals surface area contributed by atoms with Crippen LogP contribution in [0.4, 0.5) is 0 Å². The maximum Gasteiger partial charge on any atom is 0.212 e. The van der Waals surface area contributed by atoms with E-state index in [2.05, 4.69) is 17.0 Å². The van der Waals surface area contributed by atoms with E-state index in [0.29, 0.717) is 11.6 Å². The van der Waals surface area contributed by atoms with Gasteiger partial charge in [0.05, 0.1) is 5.69 Å². The molecule has 0 atom stereocenters. The first-order valence-electron chi connectivity index (χ1n) is 6.00. The predicted molar refractivity (Wildman–Crippen MR) is 78.8 cm³/mol. The fourth-order valence-electron chi connectivity index (χ4n) is 1.97. The van der Waals surface area contributed by atoms with Gasteiger partial charge in [-0.2, -0.15) is 4.98 Å². The van der Waals surface area contributed by atoms with Crippen molar-refractivity contribution in [2.75, 3.05) is 6.54 Å². The Morgan fingerprint density at radius 1 is 1.32 bits per heavy atom. The number of halogens is 1. The van der Waals surface area contributed by atoms with Gasteiger partial charge in [-0.1, -0.05) is 22.9 Å². The molecular weight excluding hydrogens is 280 g/mol. The summed E-state index contributed by atoms with van der Waals surface area (Å²) in [6, 6.07) is 7.55. The molecule has 1 aromatic carbocycles. The molecule has 0 saturated carbocycles. The summed E-state index contributed by atoms with van der Waals surface area (Å²) in [6.07, 6.45) is 0.873. The number of nitrogens with two attached hydrogens (primary N) is 1. The Balaban J connectivity index is 2.05. The summed E-state index contributed by atoms with van der Waals surface area (Å²) in [5, 5.41) is 5.26. The average Bonchev–Trinajstić information content (AvgIpc) is 2.92. The lowest BCUT2D eigenvalue weighted by molar-refractivity contribution is 0.898. The minimum Gasteiger partial charge on any atom is -0.330 e. The van der Waals surface area contributed by atoms with Gasteiger partial charge in [0.2, 0.25) is 4.96 Å². The molecule has 2 aromatic heterocycles. The molecule has 0 aliphatic heterocycles. The summed E-state index contributed by atoms with van der Waals surface area (Å²) in [5.74, 6) is 0.727. The largest absolute Gasteiger partial charge is 0.330 e. The van der Waals surface area contributed by atoms with E-state index in [1.165, 1.54) is 4.88 Å². The van der Waals surface area contributed by atoms with Crippen molar-refractivity contribution in [1.29, 1.82) is 0 Å². The van der Waals surface area contributed by atoms with Gasteiger partial charge in [-0.3, -0.25) is 0 Å². The van der Waals surface area contributed by atoms with Crippen LogP contribution in [-0.4, -0.2) is 21.1 Å². The van der Waals surface area contributed by atoms with Crippen molar-refractivity contribution in [3.05, 3.63) is 39.9 Å². The maximum absolute atomic E-state index is 5.88. The molecule has 0 aliphatic rings. The minimum atomic E-state index is 0.647. The van der Waals surface area contributed by atoms with Crippen LogP contribution in [0.15, 0.2) is 24.3 Å². The van der Waals surface area contributed by atoms with Crippen LogP contribution in [0.2, 0.25) is 5.02 Å². The van der Waals surface area contributed by atoms with E-state index in [1.807, 2.05) is 28.8 Å². The molecule has 98 valence electrons. The van der Waals surface area contributed by atoms with E-state index in [0.717, 1.165) is 28.5 Å². The Bertz CT molecular complexity index is 714. The van der Waals surface area contributed by atoms with E-state index in [1.54, 1.807) is 11.3 Å². The Labute approximate surface area is 119 Å². The molecule has 0 unspecified atom stereocenters. The van der Waals surface area contributed by atoms with Crippen LogP contribution in [0, 0.1) is 6.92 Å². The molecule has 2 heterocycles. The molecule has 0 saturated heterocycles. The van der Waals surface area contributed by atoms with Crippen LogP contribution in [0.3, 0.4) is 0 Å². The molecule has 0 amide bonds. The Hall–Kier alpha value is -1.43. The molecule has 6 heteroatoms. The lowest BCUT2D eigenvalue weighted by Crippen LogP contribution is -2.03. The van der Waals surface area contributed by atoms with Gasteiger partial charge in [0.25, 0.3) is 0 Å². The summed E-state index contributed by atoms with van der Waals surface area (Å²) < 4.78 is 1.89. The fraction of sp³-hybridized carbons (Fsp3) is 0.231. The van der Waals surface area contributed by atoms with Crippen molar-refractivity contribution in [3.8, 4) is 11.4 Å². The van der Waals surface area contributed by atoms with Crippen molar-refractivity contribution in [2.45, 2.75) is 13.3 Å². The standard InChI is InChI=1S/C13H13ClN4S/c1-8-11(6-7-15)19-13-16-12(17-18(8)13)9-2-4-10(14)5-3-9/h2-5H,6-7,15H2,1H3. The van der Waals surface area contributed by atoms with Crippen LogP contribution in [0.5, 0.6) is 0 Å². The highest BCUT2D eigenvalue weighted by atomic mass is 35.5. The van der Waals surface area contributed by atoms with Gasteiger partial charge in [-0.05, 0) is 44.2 Å². The number of aromatic nitrogens is 3. The third-order valence-corrected chi connectivity index (χ3v) is 4.43. The van der Waals surface area contributed by atoms with Crippen molar-refractivity contribution in [3.63, 3.8) is 0 Å². The number of hydrogen-bond acceptors (Lipinski definition) is 4. The van der Waals surface area contributed by atoms with E-state index < -0.39 is 0 Å². The maximum atomic E-state index is 5.88. The average molecular weight is 293 g/mol. The number of rotatable bonds is 3. The van der Waals surface area contributed by atoms with Gasteiger partial charge in [0.1, 0.15) is 0 Å². The van der Waals surface area contributed by atoms with Crippen molar-refractivity contribution in [1.82, 2.24) is 14.6 Å². The van der Waals surface area contributed by atoms with Crippen LogP contribution in [0.1, 0.15) is 10.6 Å². The zero-order valence-corrected chi connectivity index (χ0v) is 12.0. The first-order chi connectivity index (χ1) is 9.19. The second kappa shape index (κ2) is 4.92. The summed E-state index contributed by atoms with van der Waals surface area (Å²) in [6.45, 7) is 2.70. The summed E-state index contributed by atoms with van der Waals surface area (Å²) in [7, 11) is 0. The van der Waals surface area contributed by atoms with Gasteiger partial charge in [-0.15, -0.1) is 5.10 Å². The van der Waals surface area contributed by atoms with Gasteiger partial charge >= 0.3 is 0 Å². The molecule has 0 fully saturated rings. The normalized spacial score (nSPS) is 11.3. The Morgan fingerprint density at radius 3 is 2.68 bits per heavy atom. The molecule has 4 nitrogen and oxygen atoms in total. The molecule has 3 rings (SSSR count). The van der Waals surface area contributed by atoms with Crippen LogP contribution in [-0.2, 0) is 6.42 Å². The van der Waals surface area contributed by atoms with Gasteiger partial charge < -0.3 is 5.73 Å². The number of fused-ring (bicyclic) bond motifs is 1. The van der Waals surface area contributed by atoms with Crippen LogP contribution in [0.25, 0.3) is 16.3 Å². The molecule has 0 radical (unpaired) electrons. The molecule has 2 N–H and O–H groups in total. The van der Waals surface area contributed by atoms with Crippen molar-refractivity contribution in [2.24, 2.45) is 5.73 Å². The Kier molecular flexibility index (Phi) is 3.26. The Morgan fingerprint density at radius 2 is 2.05 bits per heavy atom. The highest BCUT2D eigenvalue weighted by molar-refractivity contribution is 7.17. The molecule has 3 aromatic rings. The topological polar surface area (TPSA) is 56.2 Å². The number of nitrogens with zero attached hydrogens (tertiary/aromatic N) is 3. The number of hydrogen-bond donors (Lipinski definition) is 1. The van der Waals surface area contributed by atoms with Gasteiger partial charge in [0, 0.05) is 15.5 Å². The van der Waals surface area contributed by atoms with Crippen LogP contribution < -0.4 is 5.73 Å². The minimum absolute atomic E-state index is 0.647. The third kappa shape index (κ3) is 2.25. The highest BCUT2D eigenvalue weighted by Gasteiger charge is 2.13. The van der Waals surface area contributed by atoms with E-state index in [-0.39, 0.29) is 0 Å². The number of aryl methyl sites for hydroxylation is 1. The fourth-order valence-corrected chi connectivity index (χ4v) is 3.17. The van der Waals surface area contributed by atoms with Crippen molar-refractivity contribution < 1.29 is 0 Å². The highest BCUT2D eigenvalue weighted by Crippen LogP contribution is 2.25. The lowest BCUT2D eigenvalue weighted by atomic mass is 10.2. The first-order valence-corrected chi connectivity index (χ1v) is 7.19. The monoisotopic (exact) mass is 292 g/mol. The quantitative estimate of drug-likeness (QED) is 0.807. The molecular formula is C13H13ClN4S. The smallest absolute Gasteiger partial charge is 0.212 e. The predicted octanol–water partition coefficient (Wildman–Crippen LogP) is 2.92. The van der Waals surface area contributed by atoms with E-state index in [9.17, 15) is 0 Å². The first kappa shape index (κ1) is 12.6. The van der Waals surface area contributed by atoms with Gasteiger partial charge in [0.15, 0.2) is 5.82 Å². The SMILES string of the molecule is Cc1c(CCN)sc2nc(-c3ccc(Cl)cc3)nn12. The molecule has 0 bridgehead atoms. The number of thiazole rings is 1. The summed E-state index contributed by atoms with van der Waals surface area (Å²) >= 11 is 7.53. The molecule has 19 heavy (non-hydrogen) atoms. The van der Waals surface area contributed by atoms with Gasteiger partial charge in [-0.25, -0.2) is 4.52 Å². The zero-order chi connectivity index (χ0) is 13.4.